The SMILES string of the molecule is O=C(Nc1cccc(-c2nnco2)c1)[C@H]1CCCN1. The van der Waals surface area contributed by atoms with Gasteiger partial charge in [-0.15, -0.1) is 10.2 Å². The third kappa shape index (κ3) is 2.63. The Balaban J connectivity index is 1.74. The Morgan fingerprint density at radius 3 is 3.16 bits per heavy atom. The summed E-state index contributed by atoms with van der Waals surface area (Å²) in [7, 11) is 0. The molecule has 1 aliphatic rings. The number of aromatic nitrogens is 2. The quantitative estimate of drug-likeness (QED) is 0.870. The van der Waals surface area contributed by atoms with Crippen molar-refractivity contribution < 1.29 is 9.21 Å². The Kier molecular flexibility index (Phi) is 3.24. The van der Waals surface area contributed by atoms with E-state index in [1.54, 1.807) is 0 Å². The van der Waals surface area contributed by atoms with Crippen LogP contribution in [0.5, 0.6) is 0 Å². The molecule has 98 valence electrons. The molecule has 1 saturated heterocycles. The molecule has 1 amide bonds. The average molecular weight is 258 g/mol. The highest BCUT2D eigenvalue weighted by Crippen LogP contribution is 2.20. The predicted molar refractivity (Wildman–Crippen MR) is 69.4 cm³/mol. The van der Waals surface area contributed by atoms with Crippen molar-refractivity contribution in [3.05, 3.63) is 30.7 Å². The number of hydrogen-bond acceptors (Lipinski definition) is 5. The van der Waals surface area contributed by atoms with Crippen LogP contribution < -0.4 is 10.6 Å². The van der Waals surface area contributed by atoms with E-state index >= 15 is 0 Å². The maximum absolute atomic E-state index is 12.0. The number of amides is 1. The van der Waals surface area contributed by atoms with Crippen molar-refractivity contribution in [1.82, 2.24) is 15.5 Å². The standard InChI is InChI=1S/C13H14N4O2/c18-12(11-5-2-6-14-11)16-10-4-1-3-9(7-10)13-17-15-8-19-13/h1,3-4,7-8,11,14H,2,5-6H2,(H,16,18)/t11-/m1/s1. The third-order valence-corrected chi connectivity index (χ3v) is 3.11. The molecule has 6 heteroatoms. The highest BCUT2D eigenvalue weighted by atomic mass is 16.4. The van der Waals surface area contributed by atoms with Crippen LogP contribution in [0.15, 0.2) is 35.1 Å². The molecule has 6 nitrogen and oxygen atoms in total. The summed E-state index contributed by atoms with van der Waals surface area (Å²) < 4.78 is 5.13. The van der Waals surface area contributed by atoms with Crippen LogP contribution in [0.3, 0.4) is 0 Å². The number of hydrogen-bond donors (Lipinski definition) is 2. The van der Waals surface area contributed by atoms with Crippen molar-refractivity contribution in [3.8, 4) is 11.5 Å². The monoisotopic (exact) mass is 258 g/mol. The van der Waals surface area contributed by atoms with Crippen LogP contribution >= 0.6 is 0 Å². The van der Waals surface area contributed by atoms with Gasteiger partial charge in [0.25, 0.3) is 0 Å². The number of nitrogens with zero attached hydrogens (tertiary/aromatic N) is 2. The fourth-order valence-corrected chi connectivity index (χ4v) is 2.17. The van der Waals surface area contributed by atoms with E-state index in [9.17, 15) is 4.79 Å². The normalized spacial score (nSPS) is 18.4. The Labute approximate surface area is 110 Å². The van der Waals surface area contributed by atoms with Crippen LogP contribution in [0.2, 0.25) is 0 Å². The summed E-state index contributed by atoms with van der Waals surface area (Å²) in [4.78, 5) is 12.0. The van der Waals surface area contributed by atoms with Crippen LogP contribution in [0.4, 0.5) is 5.69 Å². The number of rotatable bonds is 3. The predicted octanol–water partition coefficient (Wildman–Crippen LogP) is 1.43. The van der Waals surface area contributed by atoms with Crippen LogP contribution in [-0.2, 0) is 4.79 Å². The second-order valence-electron chi connectivity index (χ2n) is 4.46. The van der Waals surface area contributed by atoms with Gasteiger partial charge in [-0.3, -0.25) is 4.79 Å². The number of carbonyl (C=O) groups is 1. The summed E-state index contributed by atoms with van der Waals surface area (Å²) in [6.07, 6.45) is 3.21. The second-order valence-corrected chi connectivity index (χ2v) is 4.46. The molecule has 2 N–H and O–H groups in total. The van der Waals surface area contributed by atoms with Gasteiger partial charge in [0.05, 0.1) is 6.04 Å². The summed E-state index contributed by atoms with van der Waals surface area (Å²) in [5, 5.41) is 13.5. The smallest absolute Gasteiger partial charge is 0.247 e. The maximum Gasteiger partial charge on any atom is 0.247 e. The van der Waals surface area contributed by atoms with Gasteiger partial charge in [0, 0.05) is 11.3 Å². The van der Waals surface area contributed by atoms with E-state index in [-0.39, 0.29) is 11.9 Å². The zero-order chi connectivity index (χ0) is 13.1. The molecule has 1 aliphatic heterocycles. The van der Waals surface area contributed by atoms with E-state index in [1.165, 1.54) is 6.39 Å². The molecule has 19 heavy (non-hydrogen) atoms. The molecule has 3 rings (SSSR count). The lowest BCUT2D eigenvalue weighted by atomic mass is 10.1. The summed E-state index contributed by atoms with van der Waals surface area (Å²) in [6, 6.07) is 7.27. The van der Waals surface area contributed by atoms with Crippen LogP contribution in [0.1, 0.15) is 12.8 Å². The van der Waals surface area contributed by atoms with Crippen LogP contribution in [0, 0.1) is 0 Å². The second kappa shape index (κ2) is 5.19. The Bertz CT molecular complexity index is 562. The largest absolute Gasteiger partial charge is 0.423 e. The van der Waals surface area contributed by atoms with Gasteiger partial charge in [0.2, 0.25) is 18.2 Å². The van der Waals surface area contributed by atoms with E-state index in [0.29, 0.717) is 5.89 Å². The van der Waals surface area contributed by atoms with Gasteiger partial charge < -0.3 is 15.1 Å². The molecule has 0 aliphatic carbocycles. The molecule has 0 spiro atoms. The molecule has 2 heterocycles. The van der Waals surface area contributed by atoms with Crippen molar-refractivity contribution in [1.29, 1.82) is 0 Å². The molecule has 1 atom stereocenters. The Morgan fingerprint density at radius 1 is 1.47 bits per heavy atom. The van der Waals surface area contributed by atoms with E-state index in [2.05, 4.69) is 20.8 Å². The topological polar surface area (TPSA) is 80.1 Å². The van der Waals surface area contributed by atoms with Crippen LogP contribution in [-0.4, -0.2) is 28.7 Å². The molecule has 2 aromatic rings. The zero-order valence-electron chi connectivity index (χ0n) is 10.3. The van der Waals surface area contributed by atoms with Gasteiger partial charge in [-0.25, -0.2) is 0 Å². The molecule has 1 fully saturated rings. The minimum Gasteiger partial charge on any atom is -0.423 e. The molecule has 0 saturated carbocycles. The molecule has 0 radical (unpaired) electrons. The van der Waals surface area contributed by atoms with Gasteiger partial charge in [0.1, 0.15) is 0 Å². The molecule has 1 aromatic heterocycles. The van der Waals surface area contributed by atoms with E-state index in [1.807, 2.05) is 24.3 Å². The summed E-state index contributed by atoms with van der Waals surface area (Å²) in [5.41, 5.74) is 1.52. The van der Waals surface area contributed by atoms with Gasteiger partial charge in [0.15, 0.2) is 0 Å². The van der Waals surface area contributed by atoms with Crippen molar-refractivity contribution in [2.75, 3.05) is 11.9 Å². The number of benzene rings is 1. The zero-order valence-corrected chi connectivity index (χ0v) is 10.3. The average Bonchev–Trinajstić information content (AvgIpc) is 3.13. The van der Waals surface area contributed by atoms with Crippen LogP contribution in [0.25, 0.3) is 11.5 Å². The maximum atomic E-state index is 12.0. The summed E-state index contributed by atoms with van der Waals surface area (Å²) in [5.74, 6) is 0.440. The lowest BCUT2D eigenvalue weighted by Gasteiger charge is -2.11. The fourth-order valence-electron chi connectivity index (χ4n) is 2.17. The first-order chi connectivity index (χ1) is 9.33. The van der Waals surface area contributed by atoms with E-state index in [4.69, 9.17) is 4.42 Å². The van der Waals surface area contributed by atoms with Gasteiger partial charge in [-0.1, -0.05) is 6.07 Å². The number of anilines is 1. The first-order valence-corrected chi connectivity index (χ1v) is 6.24. The third-order valence-electron chi connectivity index (χ3n) is 3.11. The summed E-state index contributed by atoms with van der Waals surface area (Å²) in [6.45, 7) is 0.903. The van der Waals surface area contributed by atoms with Gasteiger partial charge >= 0.3 is 0 Å². The minimum atomic E-state index is -0.0907. The minimum absolute atomic E-state index is 0.000166. The van der Waals surface area contributed by atoms with Crippen molar-refractivity contribution in [2.45, 2.75) is 18.9 Å². The molecule has 1 aromatic carbocycles. The Hall–Kier alpha value is -2.21. The molecular formula is C13H14N4O2. The Morgan fingerprint density at radius 2 is 2.42 bits per heavy atom. The van der Waals surface area contributed by atoms with Gasteiger partial charge in [-0.05, 0) is 37.6 Å². The molecular weight excluding hydrogens is 244 g/mol. The van der Waals surface area contributed by atoms with E-state index < -0.39 is 0 Å². The van der Waals surface area contributed by atoms with Crippen molar-refractivity contribution in [2.24, 2.45) is 0 Å². The first kappa shape index (κ1) is 11.9. The molecule has 0 bridgehead atoms. The highest BCUT2D eigenvalue weighted by Gasteiger charge is 2.21. The number of carbonyl (C=O) groups excluding carboxylic acids is 1. The highest BCUT2D eigenvalue weighted by molar-refractivity contribution is 5.95. The van der Waals surface area contributed by atoms with Gasteiger partial charge in [-0.2, -0.15) is 0 Å². The fraction of sp³-hybridized carbons (Fsp3) is 0.308. The van der Waals surface area contributed by atoms with E-state index in [0.717, 1.165) is 30.6 Å². The lowest BCUT2D eigenvalue weighted by molar-refractivity contribution is -0.117. The molecule has 0 unspecified atom stereocenters. The number of nitrogens with one attached hydrogen (secondary N) is 2. The van der Waals surface area contributed by atoms with Crippen molar-refractivity contribution in [3.63, 3.8) is 0 Å². The first-order valence-electron chi connectivity index (χ1n) is 6.24. The summed E-state index contributed by atoms with van der Waals surface area (Å²) >= 11 is 0. The lowest BCUT2D eigenvalue weighted by Crippen LogP contribution is -2.35. The van der Waals surface area contributed by atoms with Crippen molar-refractivity contribution >= 4 is 11.6 Å².